The molecule has 0 fully saturated rings. The summed E-state index contributed by atoms with van der Waals surface area (Å²) in [6.45, 7) is 5.98. The zero-order valence-electron chi connectivity index (χ0n) is 14.1. The highest BCUT2D eigenvalue weighted by Gasteiger charge is 2.33. The Hall–Kier alpha value is -2.47. The van der Waals surface area contributed by atoms with E-state index >= 15 is 0 Å². The maximum Gasteiger partial charge on any atom is 0.0990 e. The van der Waals surface area contributed by atoms with E-state index in [2.05, 4.69) is 55.8 Å². The number of nitrogens with zero attached hydrogens (tertiary/aromatic N) is 4. The molecule has 0 spiro atoms. The summed E-state index contributed by atoms with van der Waals surface area (Å²) in [6.07, 6.45) is 7.52. The van der Waals surface area contributed by atoms with Gasteiger partial charge in [0.1, 0.15) is 0 Å². The highest BCUT2D eigenvalue weighted by Crippen LogP contribution is 2.34. The van der Waals surface area contributed by atoms with Gasteiger partial charge in [-0.3, -0.25) is 9.88 Å². The molecule has 24 heavy (non-hydrogen) atoms. The monoisotopic (exact) mass is 322 g/mol. The zero-order valence-corrected chi connectivity index (χ0v) is 14.1. The summed E-state index contributed by atoms with van der Waals surface area (Å²) in [5.74, 6) is 0. The number of aromatic nitrogens is 5. The molecule has 4 heterocycles. The molecule has 6 nitrogen and oxygen atoms in total. The molecular weight excluding hydrogens is 300 g/mol. The smallest absolute Gasteiger partial charge is 0.0990 e. The Labute approximate surface area is 141 Å². The second-order valence-electron chi connectivity index (χ2n) is 6.31. The first kappa shape index (κ1) is 15.1. The van der Waals surface area contributed by atoms with E-state index in [4.69, 9.17) is 0 Å². The zero-order chi connectivity index (χ0) is 16.5. The van der Waals surface area contributed by atoms with Crippen LogP contribution < -0.4 is 0 Å². The van der Waals surface area contributed by atoms with Gasteiger partial charge in [-0.05, 0) is 25.0 Å². The first-order chi connectivity index (χ1) is 11.8. The highest BCUT2D eigenvalue weighted by molar-refractivity contribution is 5.31. The topological polar surface area (TPSA) is 73.5 Å². The fraction of sp³-hybridized carbons (Fsp3) is 0.389. The van der Waals surface area contributed by atoms with E-state index in [1.165, 1.54) is 11.3 Å². The summed E-state index contributed by atoms with van der Waals surface area (Å²) in [6, 6.07) is 4.37. The molecule has 0 aromatic carbocycles. The largest absolute Gasteiger partial charge is 0.348 e. The molecule has 0 radical (unpaired) electrons. The van der Waals surface area contributed by atoms with Crippen LogP contribution in [0.5, 0.6) is 0 Å². The summed E-state index contributed by atoms with van der Waals surface area (Å²) in [7, 11) is 0. The minimum Gasteiger partial charge on any atom is -0.348 e. The van der Waals surface area contributed by atoms with Crippen molar-refractivity contribution in [2.24, 2.45) is 0 Å². The third-order valence-corrected chi connectivity index (χ3v) is 4.81. The molecule has 0 saturated heterocycles. The molecule has 0 amide bonds. The highest BCUT2D eigenvalue weighted by atomic mass is 15.2. The first-order valence-corrected chi connectivity index (χ1v) is 8.46. The molecule has 1 aliphatic heterocycles. The molecule has 3 aromatic rings. The Morgan fingerprint density at radius 2 is 1.96 bits per heavy atom. The molecule has 2 N–H and O–H groups in total. The van der Waals surface area contributed by atoms with Crippen LogP contribution in [0.25, 0.3) is 0 Å². The van der Waals surface area contributed by atoms with Gasteiger partial charge in [-0.2, -0.15) is 0 Å². The van der Waals surface area contributed by atoms with Gasteiger partial charge < -0.3 is 9.97 Å². The van der Waals surface area contributed by atoms with Gasteiger partial charge >= 0.3 is 0 Å². The van der Waals surface area contributed by atoms with E-state index in [1.807, 2.05) is 6.20 Å². The maximum atomic E-state index is 4.63. The van der Waals surface area contributed by atoms with Crippen LogP contribution >= 0.6 is 0 Å². The van der Waals surface area contributed by atoms with Gasteiger partial charge in [-0.1, -0.05) is 13.0 Å². The Balaban J connectivity index is 1.67. The van der Waals surface area contributed by atoms with Gasteiger partial charge in [-0.15, -0.1) is 0 Å². The molecule has 1 atom stereocenters. The maximum absolute atomic E-state index is 4.63. The normalized spacial score (nSPS) is 17.8. The van der Waals surface area contributed by atoms with Crippen LogP contribution in [0.2, 0.25) is 0 Å². The van der Waals surface area contributed by atoms with Gasteiger partial charge in [-0.25, -0.2) is 9.97 Å². The van der Waals surface area contributed by atoms with Crippen molar-refractivity contribution in [3.8, 4) is 0 Å². The predicted molar refractivity (Wildman–Crippen MR) is 91.5 cm³/mol. The van der Waals surface area contributed by atoms with Crippen LogP contribution in [0.4, 0.5) is 0 Å². The van der Waals surface area contributed by atoms with Gasteiger partial charge in [0.15, 0.2) is 0 Å². The van der Waals surface area contributed by atoms with Crippen molar-refractivity contribution in [1.82, 2.24) is 29.8 Å². The minimum atomic E-state index is 0.0684. The summed E-state index contributed by atoms with van der Waals surface area (Å²) in [5.41, 5.74) is 6.80. The molecule has 1 aliphatic rings. The van der Waals surface area contributed by atoms with Crippen LogP contribution in [0.3, 0.4) is 0 Å². The number of pyridine rings is 1. The Bertz CT molecular complexity index is 816. The number of nitrogens with one attached hydrogen (secondary N) is 2. The number of fused-ring (bicyclic) bond motifs is 1. The number of rotatable bonds is 4. The van der Waals surface area contributed by atoms with Crippen molar-refractivity contribution in [3.63, 3.8) is 0 Å². The Morgan fingerprint density at radius 1 is 1.12 bits per heavy atom. The third kappa shape index (κ3) is 2.63. The lowest BCUT2D eigenvalue weighted by atomic mass is 9.98. The molecule has 0 aliphatic carbocycles. The summed E-state index contributed by atoms with van der Waals surface area (Å²) >= 11 is 0. The van der Waals surface area contributed by atoms with Crippen molar-refractivity contribution < 1.29 is 0 Å². The number of hydrogen-bond donors (Lipinski definition) is 2. The number of H-pyrrole nitrogens is 2. The molecule has 3 aromatic heterocycles. The number of aromatic amines is 2. The SMILES string of the molecule is CCc1ccc(CN2CCc3[nH]cnc3C2c2nc[nH]c2C)nc1. The van der Waals surface area contributed by atoms with Crippen LogP contribution in [0, 0.1) is 6.92 Å². The lowest BCUT2D eigenvalue weighted by Gasteiger charge is -2.34. The molecule has 1 unspecified atom stereocenters. The van der Waals surface area contributed by atoms with Crippen molar-refractivity contribution in [2.45, 2.75) is 39.3 Å². The Morgan fingerprint density at radius 3 is 2.67 bits per heavy atom. The first-order valence-electron chi connectivity index (χ1n) is 8.46. The molecule has 124 valence electrons. The number of hydrogen-bond acceptors (Lipinski definition) is 4. The van der Waals surface area contributed by atoms with Crippen molar-refractivity contribution >= 4 is 0 Å². The summed E-state index contributed by atoms with van der Waals surface area (Å²) < 4.78 is 0. The van der Waals surface area contributed by atoms with Gasteiger partial charge in [0, 0.05) is 37.1 Å². The quantitative estimate of drug-likeness (QED) is 0.774. The molecular formula is C18H22N6. The van der Waals surface area contributed by atoms with Crippen LogP contribution in [-0.4, -0.2) is 36.4 Å². The summed E-state index contributed by atoms with van der Waals surface area (Å²) in [5, 5.41) is 0. The second-order valence-corrected chi connectivity index (χ2v) is 6.31. The van der Waals surface area contributed by atoms with Crippen LogP contribution in [-0.2, 0) is 19.4 Å². The van der Waals surface area contributed by atoms with E-state index in [1.54, 1.807) is 12.7 Å². The van der Waals surface area contributed by atoms with Gasteiger partial charge in [0.2, 0.25) is 0 Å². The average Bonchev–Trinajstić information content (AvgIpc) is 3.24. The minimum absolute atomic E-state index is 0.0684. The lowest BCUT2D eigenvalue weighted by molar-refractivity contribution is 0.194. The summed E-state index contributed by atoms with van der Waals surface area (Å²) in [4.78, 5) is 22.7. The fourth-order valence-corrected chi connectivity index (χ4v) is 3.41. The van der Waals surface area contributed by atoms with E-state index < -0.39 is 0 Å². The Kier molecular flexibility index (Phi) is 3.90. The third-order valence-electron chi connectivity index (χ3n) is 4.81. The van der Waals surface area contributed by atoms with Gasteiger partial charge in [0.05, 0.1) is 35.8 Å². The standard InChI is InChI=1S/C18H22N6/c1-3-13-4-5-14(19-8-13)9-24-7-6-15-17(23-11-21-15)18(24)16-12(2)20-10-22-16/h4-5,8,10-11,18H,3,6-7,9H2,1-2H3,(H,20,22)(H,21,23). The van der Waals surface area contributed by atoms with Crippen molar-refractivity contribution in [1.29, 1.82) is 0 Å². The fourth-order valence-electron chi connectivity index (χ4n) is 3.41. The average molecular weight is 322 g/mol. The van der Waals surface area contributed by atoms with E-state index in [9.17, 15) is 0 Å². The lowest BCUT2D eigenvalue weighted by Crippen LogP contribution is -2.36. The van der Waals surface area contributed by atoms with Crippen LogP contribution in [0.15, 0.2) is 31.0 Å². The molecule has 0 saturated carbocycles. The van der Waals surface area contributed by atoms with Crippen molar-refractivity contribution in [3.05, 3.63) is 65.0 Å². The van der Waals surface area contributed by atoms with E-state index in [0.29, 0.717) is 0 Å². The number of aryl methyl sites for hydroxylation is 2. The van der Waals surface area contributed by atoms with Crippen molar-refractivity contribution in [2.75, 3.05) is 6.54 Å². The van der Waals surface area contributed by atoms with E-state index in [-0.39, 0.29) is 6.04 Å². The molecule has 4 rings (SSSR count). The number of imidazole rings is 2. The molecule has 6 heteroatoms. The van der Waals surface area contributed by atoms with E-state index in [0.717, 1.165) is 48.7 Å². The van der Waals surface area contributed by atoms with Crippen LogP contribution in [0.1, 0.15) is 47.0 Å². The predicted octanol–water partition coefficient (Wildman–Crippen LogP) is 2.55. The molecule has 0 bridgehead atoms. The second kappa shape index (κ2) is 6.20. The van der Waals surface area contributed by atoms with Gasteiger partial charge in [0.25, 0.3) is 0 Å².